The molecule has 0 atom stereocenters. The quantitative estimate of drug-likeness (QED) is 0.908. The largest absolute Gasteiger partial charge is 0.478 e. The molecule has 1 fully saturated rings. The summed E-state index contributed by atoms with van der Waals surface area (Å²) in [7, 11) is 0. The normalized spacial score (nSPS) is 16.9. The van der Waals surface area contributed by atoms with E-state index in [2.05, 4.69) is 4.98 Å². The minimum absolute atomic E-state index is 0.0748. The van der Waals surface area contributed by atoms with E-state index in [1.165, 1.54) is 0 Å². The van der Waals surface area contributed by atoms with Crippen LogP contribution in [0.4, 0.5) is 19.0 Å². The minimum Gasteiger partial charge on any atom is -0.478 e. The Labute approximate surface area is 114 Å². The maximum absolute atomic E-state index is 12.7. The van der Waals surface area contributed by atoms with Crippen molar-refractivity contribution in [2.45, 2.75) is 31.9 Å². The van der Waals surface area contributed by atoms with Gasteiger partial charge in [-0.2, -0.15) is 13.2 Å². The van der Waals surface area contributed by atoms with Crippen LogP contribution >= 0.6 is 0 Å². The summed E-state index contributed by atoms with van der Waals surface area (Å²) in [5.74, 6) is -1.33. The highest BCUT2D eigenvalue weighted by Gasteiger charge is 2.34. The number of pyridine rings is 1. The molecule has 1 aliphatic rings. The van der Waals surface area contributed by atoms with Crippen LogP contribution in [-0.2, 0) is 6.18 Å². The molecule has 0 aromatic carbocycles. The SMILES string of the molecule is O=C(O)c1ccc(C(F)(F)F)nc1N1CCCCCC1. The van der Waals surface area contributed by atoms with Gasteiger partial charge in [0.15, 0.2) is 0 Å². The Balaban J connectivity index is 2.43. The lowest BCUT2D eigenvalue weighted by atomic mass is 10.2. The van der Waals surface area contributed by atoms with Gasteiger partial charge in [-0.25, -0.2) is 9.78 Å². The van der Waals surface area contributed by atoms with Crippen LogP contribution in [0, 0.1) is 0 Å². The maximum atomic E-state index is 12.7. The third-order valence-corrected chi connectivity index (χ3v) is 3.30. The molecule has 0 unspecified atom stereocenters. The van der Waals surface area contributed by atoms with Crippen LogP contribution in [0.5, 0.6) is 0 Å². The zero-order chi connectivity index (χ0) is 14.8. The third-order valence-electron chi connectivity index (χ3n) is 3.30. The lowest BCUT2D eigenvalue weighted by Crippen LogP contribution is -2.28. The van der Waals surface area contributed by atoms with E-state index in [0.29, 0.717) is 19.2 Å². The number of nitrogens with zero attached hydrogens (tertiary/aromatic N) is 2. The molecular weight excluding hydrogens is 273 g/mol. The number of carboxylic acids is 1. The third kappa shape index (κ3) is 3.20. The van der Waals surface area contributed by atoms with E-state index in [1.54, 1.807) is 4.90 Å². The van der Waals surface area contributed by atoms with Crippen molar-refractivity contribution in [3.05, 3.63) is 23.4 Å². The van der Waals surface area contributed by atoms with Gasteiger partial charge in [-0.1, -0.05) is 12.8 Å². The van der Waals surface area contributed by atoms with Crippen molar-refractivity contribution in [3.63, 3.8) is 0 Å². The predicted octanol–water partition coefficient (Wildman–Crippen LogP) is 3.18. The van der Waals surface area contributed by atoms with Gasteiger partial charge in [0.1, 0.15) is 17.1 Å². The molecule has 2 heterocycles. The van der Waals surface area contributed by atoms with Gasteiger partial charge in [-0.15, -0.1) is 0 Å². The molecule has 20 heavy (non-hydrogen) atoms. The Morgan fingerprint density at radius 3 is 2.25 bits per heavy atom. The molecule has 1 aliphatic heterocycles. The number of hydrogen-bond donors (Lipinski definition) is 1. The lowest BCUT2D eigenvalue weighted by molar-refractivity contribution is -0.141. The van der Waals surface area contributed by atoms with Gasteiger partial charge in [-0.3, -0.25) is 0 Å². The van der Waals surface area contributed by atoms with Crippen LogP contribution < -0.4 is 4.90 Å². The van der Waals surface area contributed by atoms with Crippen molar-refractivity contribution < 1.29 is 23.1 Å². The Morgan fingerprint density at radius 2 is 1.75 bits per heavy atom. The zero-order valence-electron chi connectivity index (χ0n) is 10.8. The average Bonchev–Trinajstić information content (AvgIpc) is 2.65. The summed E-state index contributed by atoms with van der Waals surface area (Å²) in [5, 5.41) is 9.11. The number of hydrogen-bond acceptors (Lipinski definition) is 3. The summed E-state index contributed by atoms with van der Waals surface area (Å²) in [5.41, 5.74) is -1.23. The zero-order valence-corrected chi connectivity index (χ0v) is 10.8. The van der Waals surface area contributed by atoms with E-state index < -0.39 is 17.8 Å². The van der Waals surface area contributed by atoms with Gasteiger partial charge < -0.3 is 10.0 Å². The molecule has 1 aromatic heterocycles. The molecule has 0 spiro atoms. The molecule has 2 rings (SSSR count). The van der Waals surface area contributed by atoms with Crippen LogP contribution in [0.2, 0.25) is 0 Å². The molecule has 0 amide bonds. The van der Waals surface area contributed by atoms with E-state index >= 15 is 0 Å². The van der Waals surface area contributed by atoms with E-state index in [-0.39, 0.29) is 11.4 Å². The molecule has 0 radical (unpaired) electrons. The highest BCUT2D eigenvalue weighted by atomic mass is 19.4. The van der Waals surface area contributed by atoms with Crippen LogP contribution in [0.25, 0.3) is 0 Å². The molecule has 0 bridgehead atoms. The molecule has 0 aliphatic carbocycles. The fraction of sp³-hybridized carbons (Fsp3) is 0.538. The molecule has 1 N–H and O–H groups in total. The lowest BCUT2D eigenvalue weighted by Gasteiger charge is -2.23. The van der Waals surface area contributed by atoms with Crippen LogP contribution in [0.3, 0.4) is 0 Å². The summed E-state index contributed by atoms with van der Waals surface area (Å²) in [4.78, 5) is 16.4. The number of anilines is 1. The Hall–Kier alpha value is -1.79. The van der Waals surface area contributed by atoms with Gasteiger partial charge in [-0.05, 0) is 25.0 Å². The van der Waals surface area contributed by atoms with Gasteiger partial charge >= 0.3 is 12.1 Å². The maximum Gasteiger partial charge on any atom is 0.433 e. The highest BCUT2D eigenvalue weighted by molar-refractivity contribution is 5.93. The number of alkyl halides is 3. The van der Waals surface area contributed by atoms with Crippen LogP contribution in [0.1, 0.15) is 41.7 Å². The van der Waals surface area contributed by atoms with Gasteiger partial charge in [0.05, 0.1) is 0 Å². The second-order valence-electron chi connectivity index (χ2n) is 4.77. The number of halogens is 3. The smallest absolute Gasteiger partial charge is 0.433 e. The van der Waals surface area contributed by atoms with E-state index in [0.717, 1.165) is 31.7 Å². The topological polar surface area (TPSA) is 53.4 Å². The summed E-state index contributed by atoms with van der Waals surface area (Å²) in [6.45, 7) is 1.07. The first-order valence-electron chi connectivity index (χ1n) is 6.46. The number of aromatic carboxylic acids is 1. The fourth-order valence-electron chi connectivity index (χ4n) is 2.30. The molecule has 0 saturated carbocycles. The van der Waals surface area contributed by atoms with Crippen molar-refractivity contribution in [2.75, 3.05) is 18.0 Å². The molecule has 7 heteroatoms. The number of carboxylic acid groups (broad SMARTS) is 1. The number of carbonyl (C=O) groups is 1. The van der Waals surface area contributed by atoms with Crippen molar-refractivity contribution in [1.29, 1.82) is 0 Å². The van der Waals surface area contributed by atoms with E-state index in [1.807, 2.05) is 0 Å². The summed E-state index contributed by atoms with van der Waals surface area (Å²) in [6, 6.07) is 1.70. The minimum atomic E-state index is -4.57. The van der Waals surface area contributed by atoms with Crippen molar-refractivity contribution >= 4 is 11.8 Å². The standard InChI is InChI=1S/C13H15F3N2O2/c14-13(15,16)10-6-5-9(12(19)20)11(17-10)18-7-3-1-2-4-8-18/h5-6H,1-4,7-8H2,(H,19,20). The monoisotopic (exact) mass is 288 g/mol. The second-order valence-corrected chi connectivity index (χ2v) is 4.77. The summed E-state index contributed by atoms with van der Waals surface area (Å²) in [6.07, 6.45) is -0.915. The predicted molar refractivity (Wildman–Crippen MR) is 66.9 cm³/mol. The summed E-state index contributed by atoms with van der Waals surface area (Å²) < 4.78 is 38.2. The van der Waals surface area contributed by atoms with Crippen LogP contribution in [0.15, 0.2) is 12.1 Å². The Kier molecular flexibility index (Phi) is 4.15. The van der Waals surface area contributed by atoms with Crippen molar-refractivity contribution in [1.82, 2.24) is 4.98 Å². The van der Waals surface area contributed by atoms with Gasteiger partial charge in [0.25, 0.3) is 0 Å². The highest BCUT2D eigenvalue weighted by Crippen LogP contribution is 2.31. The summed E-state index contributed by atoms with van der Waals surface area (Å²) >= 11 is 0. The molecule has 1 aromatic rings. The molecule has 110 valence electrons. The van der Waals surface area contributed by atoms with Crippen LogP contribution in [-0.4, -0.2) is 29.1 Å². The first kappa shape index (κ1) is 14.6. The van der Waals surface area contributed by atoms with Gasteiger partial charge in [0, 0.05) is 13.1 Å². The van der Waals surface area contributed by atoms with Crippen molar-refractivity contribution in [3.8, 4) is 0 Å². The molecular formula is C13H15F3N2O2. The Bertz CT molecular complexity index is 495. The Morgan fingerprint density at radius 1 is 1.15 bits per heavy atom. The number of aromatic nitrogens is 1. The fourth-order valence-corrected chi connectivity index (χ4v) is 2.30. The molecule has 4 nitrogen and oxygen atoms in total. The van der Waals surface area contributed by atoms with E-state index in [9.17, 15) is 18.0 Å². The van der Waals surface area contributed by atoms with Gasteiger partial charge in [0.2, 0.25) is 0 Å². The average molecular weight is 288 g/mol. The van der Waals surface area contributed by atoms with E-state index in [4.69, 9.17) is 5.11 Å². The first-order chi connectivity index (χ1) is 9.39. The number of rotatable bonds is 2. The van der Waals surface area contributed by atoms with Crippen molar-refractivity contribution in [2.24, 2.45) is 0 Å². The second kappa shape index (κ2) is 5.68. The first-order valence-corrected chi connectivity index (χ1v) is 6.46. The molecule has 1 saturated heterocycles.